The third-order valence-corrected chi connectivity index (χ3v) is 3.23. The second-order valence-corrected chi connectivity index (χ2v) is 5.25. The van der Waals surface area contributed by atoms with Gasteiger partial charge in [0.1, 0.15) is 13.2 Å². The van der Waals surface area contributed by atoms with E-state index in [1.54, 1.807) is 7.11 Å². The Balaban J connectivity index is 3.83. The first-order valence-electron chi connectivity index (χ1n) is 8.08. The highest BCUT2D eigenvalue weighted by molar-refractivity contribution is 5.85. The molecule has 0 aliphatic heterocycles. The van der Waals surface area contributed by atoms with Crippen LogP contribution in [-0.4, -0.2) is 64.5 Å². The van der Waals surface area contributed by atoms with E-state index in [1.807, 2.05) is 0 Å². The summed E-state index contributed by atoms with van der Waals surface area (Å²) >= 11 is 0. The highest BCUT2D eigenvalue weighted by Gasteiger charge is 2.17. The summed E-state index contributed by atoms with van der Waals surface area (Å²) in [5.74, 6) is -0.382. The summed E-state index contributed by atoms with van der Waals surface area (Å²) in [5.41, 5.74) is 0. The van der Waals surface area contributed by atoms with E-state index >= 15 is 0 Å². The van der Waals surface area contributed by atoms with E-state index < -0.39 is 12.1 Å². The van der Waals surface area contributed by atoms with E-state index in [4.69, 9.17) is 18.9 Å². The summed E-state index contributed by atoms with van der Waals surface area (Å²) in [4.78, 5) is 34.4. The van der Waals surface area contributed by atoms with Crippen LogP contribution >= 0.6 is 0 Å². The lowest BCUT2D eigenvalue weighted by molar-refractivity contribution is -0.145. The Morgan fingerprint density at radius 2 is 1.50 bits per heavy atom. The number of ether oxygens (including phenoxy) is 4. The smallest absolute Gasteiger partial charge is 0.407 e. The number of rotatable bonds is 14. The van der Waals surface area contributed by atoms with Crippen molar-refractivity contribution in [3.63, 3.8) is 0 Å². The molecule has 0 saturated heterocycles. The SMILES string of the molecule is COCCOC(=O)CCCCCC(NC(=O)OCCOC)C(C)=O. The van der Waals surface area contributed by atoms with Crippen LogP contribution in [0.15, 0.2) is 0 Å². The van der Waals surface area contributed by atoms with Gasteiger partial charge in [-0.15, -0.1) is 0 Å². The van der Waals surface area contributed by atoms with Crippen LogP contribution < -0.4 is 5.32 Å². The van der Waals surface area contributed by atoms with Crippen LogP contribution in [-0.2, 0) is 28.5 Å². The van der Waals surface area contributed by atoms with Crippen molar-refractivity contribution in [3.05, 3.63) is 0 Å². The first-order valence-corrected chi connectivity index (χ1v) is 8.08. The number of nitrogens with one attached hydrogen (secondary N) is 1. The third kappa shape index (κ3) is 12.8. The number of ketones is 1. The number of carbonyl (C=O) groups excluding carboxylic acids is 3. The van der Waals surface area contributed by atoms with Gasteiger partial charge in [-0.1, -0.05) is 12.8 Å². The number of hydrogen-bond donors (Lipinski definition) is 1. The zero-order chi connectivity index (χ0) is 18.2. The fourth-order valence-corrected chi connectivity index (χ4v) is 1.88. The lowest BCUT2D eigenvalue weighted by Gasteiger charge is -2.15. The molecule has 0 aliphatic carbocycles. The van der Waals surface area contributed by atoms with Crippen molar-refractivity contribution >= 4 is 17.8 Å². The molecule has 8 heteroatoms. The summed E-state index contributed by atoms with van der Waals surface area (Å²) in [6.45, 7) is 2.51. The summed E-state index contributed by atoms with van der Waals surface area (Å²) in [6.07, 6.45) is 2.37. The zero-order valence-corrected chi connectivity index (χ0v) is 14.8. The van der Waals surface area contributed by atoms with Crippen LogP contribution in [0.4, 0.5) is 4.79 Å². The maximum absolute atomic E-state index is 11.5. The summed E-state index contributed by atoms with van der Waals surface area (Å²) < 4.78 is 19.4. The van der Waals surface area contributed by atoms with Crippen molar-refractivity contribution in [2.45, 2.75) is 45.1 Å². The predicted octanol–water partition coefficient (Wildman–Crippen LogP) is 1.46. The molecule has 0 spiro atoms. The largest absolute Gasteiger partial charge is 0.463 e. The van der Waals surface area contributed by atoms with Gasteiger partial charge in [0.2, 0.25) is 0 Å². The van der Waals surface area contributed by atoms with E-state index in [1.165, 1.54) is 14.0 Å². The maximum atomic E-state index is 11.5. The van der Waals surface area contributed by atoms with Gasteiger partial charge in [0.15, 0.2) is 5.78 Å². The number of esters is 1. The van der Waals surface area contributed by atoms with E-state index in [0.29, 0.717) is 38.9 Å². The average Bonchev–Trinajstić information content (AvgIpc) is 2.53. The van der Waals surface area contributed by atoms with Crippen molar-refractivity contribution in [2.24, 2.45) is 0 Å². The van der Waals surface area contributed by atoms with Gasteiger partial charge in [0.05, 0.1) is 19.3 Å². The molecule has 0 aromatic carbocycles. The second-order valence-electron chi connectivity index (χ2n) is 5.25. The van der Waals surface area contributed by atoms with Gasteiger partial charge < -0.3 is 24.3 Å². The van der Waals surface area contributed by atoms with Gasteiger partial charge in [-0.05, 0) is 19.8 Å². The number of methoxy groups -OCH3 is 2. The molecule has 0 heterocycles. The van der Waals surface area contributed by atoms with Gasteiger partial charge in [-0.25, -0.2) is 4.79 Å². The Hall–Kier alpha value is -1.67. The van der Waals surface area contributed by atoms with E-state index in [9.17, 15) is 14.4 Å². The number of unbranched alkanes of at least 4 members (excludes halogenated alkanes) is 2. The molecule has 0 aromatic heterocycles. The van der Waals surface area contributed by atoms with Crippen LogP contribution in [0, 0.1) is 0 Å². The van der Waals surface area contributed by atoms with Gasteiger partial charge in [0, 0.05) is 20.6 Å². The summed E-state index contributed by atoms with van der Waals surface area (Å²) in [5, 5.41) is 2.54. The lowest BCUT2D eigenvalue weighted by atomic mass is 10.0. The van der Waals surface area contributed by atoms with Crippen LogP contribution in [0.3, 0.4) is 0 Å². The Morgan fingerprint density at radius 1 is 0.875 bits per heavy atom. The van der Waals surface area contributed by atoms with Gasteiger partial charge in [-0.2, -0.15) is 0 Å². The number of Topliss-reactive ketones (excluding diaryl/α,β-unsaturated/α-hetero) is 1. The van der Waals surface area contributed by atoms with Crippen molar-refractivity contribution < 1.29 is 33.3 Å². The number of amides is 1. The second kappa shape index (κ2) is 14.9. The quantitative estimate of drug-likeness (QED) is 0.375. The summed E-state index contributed by atoms with van der Waals surface area (Å²) in [7, 11) is 3.05. The molecule has 0 bridgehead atoms. The topological polar surface area (TPSA) is 100 Å². The average molecular weight is 347 g/mol. The van der Waals surface area contributed by atoms with Crippen LogP contribution in [0.5, 0.6) is 0 Å². The highest BCUT2D eigenvalue weighted by Crippen LogP contribution is 2.08. The first-order chi connectivity index (χ1) is 11.5. The fraction of sp³-hybridized carbons (Fsp3) is 0.812. The van der Waals surface area contributed by atoms with Gasteiger partial charge in [0.25, 0.3) is 0 Å². The highest BCUT2D eigenvalue weighted by atomic mass is 16.6. The van der Waals surface area contributed by atoms with Crippen LogP contribution in [0.25, 0.3) is 0 Å². The monoisotopic (exact) mass is 347 g/mol. The molecule has 1 N–H and O–H groups in total. The van der Waals surface area contributed by atoms with Gasteiger partial charge in [-0.3, -0.25) is 9.59 Å². The molecule has 0 saturated carbocycles. The zero-order valence-electron chi connectivity index (χ0n) is 14.8. The summed E-state index contributed by atoms with van der Waals surface area (Å²) in [6, 6.07) is -0.575. The van der Waals surface area contributed by atoms with Crippen LogP contribution in [0.1, 0.15) is 39.0 Å². The lowest BCUT2D eigenvalue weighted by Crippen LogP contribution is -2.40. The molecule has 0 radical (unpaired) electrons. The predicted molar refractivity (Wildman–Crippen MR) is 86.7 cm³/mol. The Bertz CT molecular complexity index is 373. The molecule has 1 atom stereocenters. The Labute approximate surface area is 143 Å². The maximum Gasteiger partial charge on any atom is 0.407 e. The first kappa shape index (κ1) is 22.3. The van der Waals surface area contributed by atoms with E-state index in [2.05, 4.69) is 5.32 Å². The standard InChI is InChI=1S/C16H29NO7/c1-13(18)14(17-16(20)24-12-10-22-3)7-5-4-6-8-15(19)23-11-9-21-2/h14H,4-12H2,1-3H3,(H,17,20). The molecule has 1 unspecified atom stereocenters. The Kier molecular flexibility index (Phi) is 13.9. The molecule has 0 aliphatic rings. The van der Waals surface area contributed by atoms with Crippen molar-refractivity contribution in [2.75, 3.05) is 40.6 Å². The van der Waals surface area contributed by atoms with Crippen LogP contribution in [0.2, 0.25) is 0 Å². The molecule has 140 valence electrons. The van der Waals surface area contributed by atoms with E-state index in [-0.39, 0.29) is 25.0 Å². The minimum atomic E-state index is -0.631. The minimum absolute atomic E-state index is 0.127. The van der Waals surface area contributed by atoms with E-state index in [0.717, 1.165) is 6.42 Å². The van der Waals surface area contributed by atoms with Crippen molar-refractivity contribution in [1.29, 1.82) is 0 Å². The molecular weight excluding hydrogens is 318 g/mol. The minimum Gasteiger partial charge on any atom is -0.463 e. The molecule has 8 nitrogen and oxygen atoms in total. The molecule has 0 aromatic rings. The number of hydrogen-bond acceptors (Lipinski definition) is 7. The third-order valence-electron chi connectivity index (χ3n) is 3.23. The fourth-order valence-electron chi connectivity index (χ4n) is 1.88. The molecule has 0 rings (SSSR count). The number of alkyl carbamates (subject to hydrolysis) is 1. The normalized spacial score (nSPS) is 11.6. The van der Waals surface area contributed by atoms with Crippen molar-refractivity contribution in [1.82, 2.24) is 5.32 Å². The molecule has 24 heavy (non-hydrogen) atoms. The Morgan fingerprint density at radius 3 is 2.08 bits per heavy atom. The molecule has 0 fully saturated rings. The molecule has 1 amide bonds. The van der Waals surface area contributed by atoms with Gasteiger partial charge >= 0.3 is 12.1 Å². The van der Waals surface area contributed by atoms with Crippen molar-refractivity contribution in [3.8, 4) is 0 Å². The number of carbonyl (C=O) groups is 3. The molecular formula is C16H29NO7.